The fourth-order valence-electron chi connectivity index (χ4n) is 1.69. The second-order valence-electron chi connectivity index (χ2n) is 3.35. The Hall–Kier alpha value is -0.830. The van der Waals surface area contributed by atoms with E-state index >= 15 is 0 Å². The minimum atomic E-state index is 0.496. The van der Waals surface area contributed by atoms with Crippen molar-refractivity contribution in [2.75, 3.05) is 5.32 Å². The van der Waals surface area contributed by atoms with Crippen molar-refractivity contribution < 1.29 is 0 Å². The van der Waals surface area contributed by atoms with Crippen LogP contribution in [0.3, 0.4) is 0 Å². The number of anilines is 1. The number of aromatic nitrogens is 2. The molecule has 0 atom stereocenters. The van der Waals surface area contributed by atoms with Crippen LogP contribution < -0.4 is 5.32 Å². The van der Waals surface area contributed by atoms with Crippen molar-refractivity contribution >= 4 is 17.4 Å². The Kier molecular flexibility index (Phi) is 2.64. The average molecular weight is 198 g/mol. The summed E-state index contributed by atoms with van der Waals surface area (Å²) in [6, 6.07) is 2.34. The molecule has 70 valence electrons. The normalized spacial score (nSPS) is 17.6. The average Bonchev–Trinajstić information content (AvgIpc) is 2.57. The summed E-state index contributed by atoms with van der Waals surface area (Å²) in [5, 5.41) is 3.84. The van der Waals surface area contributed by atoms with E-state index in [4.69, 9.17) is 11.6 Å². The van der Waals surface area contributed by atoms with Gasteiger partial charge < -0.3 is 5.32 Å². The van der Waals surface area contributed by atoms with E-state index in [1.165, 1.54) is 32.0 Å². The predicted molar refractivity (Wildman–Crippen MR) is 52.9 cm³/mol. The molecule has 4 heteroatoms. The zero-order valence-corrected chi connectivity index (χ0v) is 8.09. The molecule has 2 rings (SSSR count). The van der Waals surface area contributed by atoms with Gasteiger partial charge in [-0.2, -0.15) is 0 Å². The van der Waals surface area contributed by atoms with Crippen LogP contribution in [0, 0.1) is 0 Å². The molecule has 0 spiro atoms. The SMILES string of the molecule is Clc1cc(NC2CCCC2)ncn1. The molecule has 3 nitrogen and oxygen atoms in total. The Bertz CT molecular complexity index is 284. The lowest BCUT2D eigenvalue weighted by Gasteiger charge is -2.11. The minimum Gasteiger partial charge on any atom is -0.367 e. The van der Waals surface area contributed by atoms with E-state index in [1.54, 1.807) is 6.07 Å². The third kappa shape index (κ3) is 2.31. The van der Waals surface area contributed by atoms with E-state index in [1.807, 2.05) is 0 Å². The van der Waals surface area contributed by atoms with Crippen LogP contribution in [0.2, 0.25) is 5.15 Å². The Morgan fingerprint density at radius 1 is 1.31 bits per heavy atom. The first-order valence-electron chi connectivity index (χ1n) is 4.59. The van der Waals surface area contributed by atoms with Gasteiger partial charge in [-0.25, -0.2) is 9.97 Å². The van der Waals surface area contributed by atoms with Crippen LogP contribution in [0.25, 0.3) is 0 Å². The molecule has 1 heterocycles. The van der Waals surface area contributed by atoms with Gasteiger partial charge in [0, 0.05) is 12.1 Å². The summed E-state index contributed by atoms with van der Waals surface area (Å²) in [6.07, 6.45) is 6.59. The number of hydrogen-bond acceptors (Lipinski definition) is 3. The maximum absolute atomic E-state index is 5.74. The third-order valence-corrected chi connectivity index (χ3v) is 2.55. The summed E-state index contributed by atoms with van der Waals surface area (Å²) in [7, 11) is 0. The van der Waals surface area contributed by atoms with Gasteiger partial charge in [-0.3, -0.25) is 0 Å². The van der Waals surface area contributed by atoms with Crippen LogP contribution in [-0.4, -0.2) is 16.0 Å². The van der Waals surface area contributed by atoms with Crippen LogP contribution in [-0.2, 0) is 0 Å². The summed E-state index contributed by atoms with van der Waals surface area (Å²) in [5.74, 6) is 0.840. The van der Waals surface area contributed by atoms with Crippen molar-refractivity contribution in [3.63, 3.8) is 0 Å². The smallest absolute Gasteiger partial charge is 0.134 e. The Morgan fingerprint density at radius 3 is 2.77 bits per heavy atom. The van der Waals surface area contributed by atoms with Gasteiger partial charge in [0.15, 0.2) is 0 Å². The Labute approximate surface area is 82.5 Å². The van der Waals surface area contributed by atoms with Crippen LogP contribution >= 0.6 is 11.6 Å². The third-order valence-electron chi connectivity index (χ3n) is 2.34. The van der Waals surface area contributed by atoms with Gasteiger partial charge in [-0.15, -0.1) is 0 Å². The van der Waals surface area contributed by atoms with Crippen molar-refractivity contribution in [3.8, 4) is 0 Å². The fourth-order valence-corrected chi connectivity index (χ4v) is 1.84. The van der Waals surface area contributed by atoms with E-state index in [0.29, 0.717) is 11.2 Å². The van der Waals surface area contributed by atoms with Gasteiger partial charge in [0.05, 0.1) is 0 Å². The summed E-state index contributed by atoms with van der Waals surface area (Å²) >= 11 is 5.74. The lowest BCUT2D eigenvalue weighted by atomic mass is 10.2. The molecule has 1 saturated carbocycles. The summed E-state index contributed by atoms with van der Waals surface area (Å²) in [6.45, 7) is 0. The predicted octanol–water partition coefficient (Wildman–Crippen LogP) is 2.48. The standard InChI is InChI=1S/C9H12ClN3/c10-8-5-9(12-6-11-8)13-7-3-1-2-4-7/h5-7H,1-4H2,(H,11,12,13). The van der Waals surface area contributed by atoms with Gasteiger partial charge in [0.1, 0.15) is 17.3 Å². The number of nitrogens with one attached hydrogen (secondary N) is 1. The van der Waals surface area contributed by atoms with Crippen molar-refractivity contribution in [2.45, 2.75) is 31.7 Å². The van der Waals surface area contributed by atoms with E-state index in [2.05, 4.69) is 15.3 Å². The van der Waals surface area contributed by atoms with E-state index < -0.39 is 0 Å². The van der Waals surface area contributed by atoms with Crippen molar-refractivity contribution in [3.05, 3.63) is 17.5 Å². The van der Waals surface area contributed by atoms with Crippen molar-refractivity contribution in [1.82, 2.24) is 9.97 Å². The van der Waals surface area contributed by atoms with Crippen LogP contribution in [0.4, 0.5) is 5.82 Å². The highest BCUT2D eigenvalue weighted by Crippen LogP contribution is 2.21. The zero-order valence-electron chi connectivity index (χ0n) is 7.33. The zero-order chi connectivity index (χ0) is 9.10. The first kappa shape index (κ1) is 8.75. The molecule has 1 aliphatic carbocycles. The van der Waals surface area contributed by atoms with Gasteiger partial charge in [-0.1, -0.05) is 24.4 Å². The summed E-state index contributed by atoms with van der Waals surface area (Å²) in [5.41, 5.74) is 0. The van der Waals surface area contributed by atoms with Gasteiger partial charge >= 0.3 is 0 Å². The molecule has 0 radical (unpaired) electrons. The molecule has 1 N–H and O–H groups in total. The van der Waals surface area contributed by atoms with Crippen LogP contribution in [0.5, 0.6) is 0 Å². The molecule has 0 amide bonds. The minimum absolute atomic E-state index is 0.496. The van der Waals surface area contributed by atoms with Crippen LogP contribution in [0.15, 0.2) is 12.4 Å². The molecule has 0 saturated heterocycles. The fraction of sp³-hybridized carbons (Fsp3) is 0.556. The lowest BCUT2D eigenvalue weighted by molar-refractivity contribution is 0.750. The number of nitrogens with zero attached hydrogens (tertiary/aromatic N) is 2. The molecule has 1 aliphatic rings. The molecule has 1 aromatic heterocycles. The first-order chi connectivity index (χ1) is 6.34. The molecule has 13 heavy (non-hydrogen) atoms. The molecule has 0 aromatic carbocycles. The van der Waals surface area contributed by atoms with E-state index in [-0.39, 0.29) is 0 Å². The Morgan fingerprint density at radius 2 is 2.08 bits per heavy atom. The largest absolute Gasteiger partial charge is 0.367 e. The van der Waals surface area contributed by atoms with Gasteiger partial charge in [0.2, 0.25) is 0 Å². The summed E-state index contributed by atoms with van der Waals surface area (Å²) in [4.78, 5) is 7.93. The number of halogens is 1. The molecule has 0 aliphatic heterocycles. The first-order valence-corrected chi connectivity index (χ1v) is 4.96. The van der Waals surface area contributed by atoms with Crippen molar-refractivity contribution in [1.29, 1.82) is 0 Å². The summed E-state index contributed by atoms with van der Waals surface area (Å²) < 4.78 is 0. The topological polar surface area (TPSA) is 37.8 Å². The van der Waals surface area contributed by atoms with Crippen molar-refractivity contribution in [2.24, 2.45) is 0 Å². The lowest BCUT2D eigenvalue weighted by Crippen LogP contribution is -2.15. The molecular formula is C9H12ClN3. The van der Waals surface area contributed by atoms with E-state index in [0.717, 1.165) is 5.82 Å². The van der Waals surface area contributed by atoms with E-state index in [9.17, 15) is 0 Å². The molecule has 0 bridgehead atoms. The highest BCUT2D eigenvalue weighted by atomic mass is 35.5. The molecule has 1 fully saturated rings. The van der Waals surface area contributed by atoms with Gasteiger partial charge in [-0.05, 0) is 12.8 Å². The number of rotatable bonds is 2. The molecular weight excluding hydrogens is 186 g/mol. The second-order valence-corrected chi connectivity index (χ2v) is 3.74. The second kappa shape index (κ2) is 3.92. The monoisotopic (exact) mass is 197 g/mol. The van der Waals surface area contributed by atoms with Gasteiger partial charge in [0.25, 0.3) is 0 Å². The molecule has 1 aromatic rings. The number of hydrogen-bond donors (Lipinski definition) is 1. The maximum Gasteiger partial charge on any atom is 0.134 e. The quantitative estimate of drug-likeness (QED) is 0.741. The van der Waals surface area contributed by atoms with Crippen LogP contribution in [0.1, 0.15) is 25.7 Å². The molecule has 0 unspecified atom stereocenters. The maximum atomic E-state index is 5.74. The Balaban J connectivity index is 2.00. The highest BCUT2D eigenvalue weighted by Gasteiger charge is 2.14. The highest BCUT2D eigenvalue weighted by molar-refractivity contribution is 6.29.